The van der Waals surface area contributed by atoms with Gasteiger partial charge in [-0.05, 0) is 6.42 Å². The van der Waals surface area contributed by atoms with Crippen molar-refractivity contribution < 1.29 is 15.0 Å². The molecule has 0 unspecified atom stereocenters. The summed E-state index contributed by atoms with van der Waals surface area (Å²) in [6, 6.07) is 0. The van der Waals surface area contributed by atoms with Crippen molar-refractivity contribution in [3.05, 3.63) is 0 Å². The molecule has 4 nitrogen and oxygen atoms in total. The Bertz CT molecular complexity index is 208. The highest BCUT2D eigenvalue weighted by atomic mass is 16.5. The quantitative estimate of drug-likeness (QED) is 0.357. The van der Waals surface area contributed by atoms with Crippen LogP contribution in [0.4, 0.5) is 0 Å². The monoisotopic (exact) mass is 273 g/mol. The maximum Gasteiger partial charge on any atom is 0.219 e. The molecular weight excluding hydrogens is 242 g/mol. The Hall–Kier alpha value is -0.610. The van der Waals surface area contributed by atoms with Gasteiger partial charge in [0, 0.05) is 19.4 Å². The number of carbonyl (C=O) groups excluding carboxylic acids is 1. The van der Waals surface area contributed by atoms with E-state index in [4.69, 9.17) is 10.2 Å². The Labute approximate surface area is 117 Å². The van der Waals surface area contributed by atoms with Crippen LogP contribution in [-0.4, -0.2) is 29.0 Å². The van der Waals surface area contributed by atoms with Gasteiger partial charge in [-0.2, -0.15) is 0 Å². The van der Waals surface area contributed by atoms with Crippen LogP contribution in [0, 0.1) is 0 Å². The molecule has 0 radical (unpaired) electrons. The van der Waals surface area contributed by atoms with Crippen LogP contribution >= 0.6 is 0 Å². The summed E-state index contributed by atoms with van der Waals surface area (Å²) in [5, 5.41) is 19.9. The largest absolute Gasteiger partial charge is 0.368 e. The van der Waals surface area contributed by atoms with Gasteiger partial charge in [-0.15, -0.1) is 0 Å². The molecule has 4 heteroatoms. The van der Waals surface area contributed by atoms with E-state index in [0.29, 0.717) is 13.0 Å². The fourth-order valence-electron chi connectivity index (χ4n) is 2.03. The highest BCUT2D eigenvalue weighted by molar-refractivity contribution is 5.75. The van der Waals surface area contributed by atoms with Gasteiger partial charge in [0.2, 0.25) is 5.91 Å². The lowest BCUT2D eigenvalue weighted by atomic mass is 10.1. The van der Waals surface area contributed by atoms with Crippen LogP contribution in [0.25, 0.3) is 0 Å². The maximum absolute atomic E-state index is 11.4. The molecule has 0 aliphatic heterocycles. The Kier molecular flexibility index (Phi) is 13.4. The zero-order valence-electron chi connectivity index (χ0n) is 12.4. The van der Waals surface area contributed by atoms with Gasteiger partial charge < -0.3 is 15.5 Å². The van der Waals surface area contributed by atoms with Gasteiger partial charge in [0.15, 0.2) is 6.29 Å². The minimum Gasteiger partial charge on any atom is -0.368 e. The van der Waals surface area contributed by atoms with E-state index in [1.807, 2.05) is 0 Å². The van der Waals surface area contributed by atoms with Gasteiger partial charge in [-0.25, -0.2) is 0 Å². The van der Waals surface area contributed by atoms with E-state index in [1.54, 1.807) is 0 Å². The summed E-state index contributed by atoms with van der Waals surface area (Å²) in [6.45, 7) is 2.57. The van der Waals surface area contributed by atoms with Crippen molar-refractivity contribution in [1.29, 1.82) is 0 Å². The number of nitrogens with one attached hydrogen (secondary N) is 1. The van der Waals surface area contributed by atoms with Gasteiger partial charge in [0.1, 0.15) is 0 Å². The van der Waals surface area contributed by atoms with Crippen LogP contribution in [-0.2, 0) is 4.79 Å². The van der Waals surface area contributed by atoms with E-state index in [9.17, 15) is 4.79 Å². The highest BCUT2D eigenvalue weighted by Crippen LogP contribution is 2.10. The third kappa shape index (κ3) is 15.3. The number of hydrogen-bond acceptors (Lipinski definition) is 3. The summed E-state index contributed by atoms with van der Waals surface area (Å²) in [7, 11) is 0. The molecule has 19 heavy (non-hydrogen) atoms. The summed E-state index contributed by atoms with van der Waals surface area (Å²) in [4.78, 5) is 11.4. The van der Waals surface area contributed by atoms with Gasteiger partial charge in [0.05, 0.1) is 0 Å². The number of carbonyl (C=O) groups is 1. The Morgan fingerprint density at radius 3 is 2.00 bits per heavy atom. The van der Waals surface area contributed by atoms with E-state index in [2.05, 4.69) is 12.2 Å². The van der Waals surface area contributed by atoms with Crippen molar-refractivity contribution in [2.45, 2.75) is 83.8 Å². The van der Waals surface area contributed by atoms with Crippen molar-refractivity contribution in [3.8, 4) is 0 Å². The zero-order chi connectivity index (χ0) is 14.3. The van der Waals surface area contributed by atoms with E-state index in [0.717, 1.165) is 12.8 Å². The molecule has 0 rings (SSSR count). The lowest BCUT2D eigenvalue weighted by Gasteiger charge is -2.06. The second kappa shape index (κ2) is 13.8. The number of unbranched alkanes of at least 4 members (excludes halogenated alkanes) is 8. The van der Waals surface area contributed by atoms with Crippen LogP contribution in [0.1, 0.15) is 77.6 Å². The van der Waals surface area contributed by atoms with Crippen molar-refractivity contribution in [1.82, 2.24) is 5.32 Å². The van der Waals surface area contributed by atoms with Crippen LogP contribution in [0.15, 0.2) is 0 Å². The van der Waals surface area contributed by atoms with Crippen LogP contribution in [0.3, 0.4) is 0 Å². The van der Waals surface area contributed by atoms with E-state index < -0.39 is 6.29 Å². The Morgan fingerprint density at radius 2 is 1.47 bits per heavy atom. The van der Waals surface area contributed by atoms with Crippen molar-refractivity contribution in [2.75, 3.05) is 6.54 Å². The van der Waals surface area contributed by atoms with Gasteiger partial charge >= 0.3 is 0 Å². The van der Waals surface area contributed by atoms with Gasteiger partial charge in [-0.1, -0.05) is 58.3 Å². The van der Waals surface area contributed by atoms with E-state index in [1.165, 1.54) is 44.9 Å². The molecule has 0 aromatic carbocycles. The fourth-order valence-corrected chi connectivity index (χ4v) is 2.03. The minimum absolute atomic E-state index is 0.0172. The average molecular weight is 273 g/mol. The molecular formula is C15H31NO3. The van der Waals surface area contributed by atoms with Crippen LogP contribution in [0.2, 0.25) is 0 Å². The van der Waals surface area contributed by atoms with E-state index in [-0.39, 0.29) is 12.3 Å². The standard InChI is InChI=1S/C15H31NO3/c1-2-3-4-5-6-7-8-9-10-11-14(17)16-13-12-15(18)19/h15,18-19H,2-13H2,1H3,(H,16,17). The van der Waals surface area contributed by atoms with Crippen molar-refractivity contribution >= 4 is 5.91 Å². The Morgan fingerprint density at radius 1 is 0.947 bits per heavy atom. The number of aliphatic hydroxyl groups is 2. The summed E-state index contributed by atoms with van der Waals surface area (Å²) in [6.07, 6.45) is 10.6. The molecule has 0 atom stereocenters. The third-order valence-corrected chi connectivity index (χ3v) is 3.23. The summed E-state index contributed by atoms with van der Waals surface area (Å²) >= 11 is 0. The predicted octanol–water partition coefficient (Wildman–Crippen LogP) is 2.72. The third-order valence-electron chi connectivity index (χ3n) is 3.23. The number of hydrogen-bond donors (Lipinski definition) is 3. The molecule has 114 valence electrons. The molecule has 3 N–H and O–H groups in total. The second-order valence-electron chi connectivity index (χ2n) is 5.20. The van der Waals surface area contributed by atoms with E-state index >= 15 is 0 Å². The lowest BCUT2D eigenvalue weighted by molar-refractivity contribution is -0.121. The first-order chi connectivity index (χ1) is 9.16. The molecule has 0 saturated carbocycles. The molecule has 0 saturated heterocycles. The van der Waals surface area contributed by atoms with Crippen molar-refractivity contribution in [2.24, 2.45) is 0 Å². The molecule has 0 aromatic rings. The summed E-state index contributed by atoms with van der Waals surface area (Å²) in [5.41, 5.74) is 0. The van der Waals surface area contributed by atoms with Crippen molar-refractivity contribution in [3.63, 3.8) is 0 Å². The van der Waals surface area contributed by atoms with Crippen LogP contribution in [0.5, 0.6) is 0 Å². The molecule has 0 aromatic heterocycles. The highest BCUT2D eigenvalue weighted by Gasteiger charge is 2.02. The summed E-state index contributed by atoms with van der Waals surface area (Å²) in [5.74, 6) is 0.0172. The minimum atomic E-state index is -1.33. The Balaban J connectivity index is 3.14. The molecule has 0 spiro atoms. The molecule has 0 aliphatic carbocycles. The first kappa shape index (κ1) is 18.4. The SMILES string of the molecule is CCCCCCCCCCCC(=O)NCCC(O)O. The second-order valence-corrected chi connectivity index (χ2v) is 5.20. The molecule has 0 bridgehead atoms. The maximum atomic E-state index is 11.4. The summed E-state index contributed by atoms with van der Waals surface area (Å²) < 4.78 is 0. The first-order valence-electron chi connectivity index (χ1n) is 7.79. The number of amides is 1. The normalized spacial score (nSPS) is 10.9. The number of rotatable bonds is 13. The van der Waals surface area contributed by atoms with Gasteiger partial charge in [0.25, 0.3) is 0 Å². The lowest BCUT2D eigenvalue weighted by Crippen LogP contribution is -2.26. The topological polar surface area (TPSA) is 69.6 Å². The number of aliphatic hydroxyl groups excluding tert-OH is 1. The van der Waals surface area contributed by atoms with Gasteiger partial charge in [-0.3, -0.25) is 4.79 Å². The average Bonchev–Trinajstić information content (AvgIpc) is 2.36. The molecule has 0 aliphatic rings. The predicted molar refractivity (Wildman–Crippen MR) is 77.7 cm³/mol. The van der Waals surface area contributed by atoms with Crippen LogP contribution < -0.4 is 5.32 Å². The molecule has 0 heterocycles. The first-order valence-corrected chi connectivity index (χ1v) is 7.79. The fraction of sp³-hybridized carbons (Fsp3) is 0.933. The zero-order valence-corrected chi connectivity index (χ0v) is 12.4. The molecule has 0 fully saturated rings. The smallest absolute Gasteiger partial charge is 0.219 e. The molecule has 1 amide bonds.